The van der Waals surface area contributed by atoms with Crippen molar-refractivity contribution in [2.75, 3.05) is 13.1 Å². The standard InChI is InChI=1S/C19H23ClN2O3S/c1-2-4-15-6-8-17(9-7-15)26(23,24)22-12-3-5-16(14-22)25-19-10-11-21-13-18(19)20/h6-11,13,16H,2-5,12,14H2,1H3. The number of piperidine rings is 1. The van der Waals surface area contributed by atoms with Crippen LogP contribution in [0.1, 0.15) is 31.7 Å². The maximum atomic E-state index is 13.0. The van der Waals surface area contributed by atoms with Gasteiger partial charge < -0.3 is 4.74 Å². The van der Waals surface area contributed by atoms with E-state index in [-0.39, 0.29) is 6.10 Å². The van der Waals surface area contributed by atoms with E-state index in [0.717, 1.165) is 31.2 Å². The molecule has 3 rings (SSSR count). The van der Waals surface area contributed by atoms with Gasteiger partial charge in [-0.25, -0.2) is 8.42 Å². The lowest BCUT2D eigenvalue weighted by Crippen LogP contribution is -2.44. The fourth-order valence-electron chi connectivity index (χ4n) is 3.12. The number of benzene rings is 1. The second-order valence-electron chi connectivity index (χ2n) is 6.45. The average molecular weight is 395 g/mol. The Morgan fingerprint density at radius 3 is 2.73 bits per heavy atom. The maximum Gasteiger partial charge on any atom is 0.243 e. The summed E-state index contributed by atoms with van der Waals surface area (Å²) in [5.74, 6) is 0.537. The van der Waals surface area contributed by atoms with Gasteiger partial charge in [-0.2, -0.15) is 4.31 Å². The monoisotopic (exact) mass is 394 g/mol. The molecule has 2 aromatic rings. The van der Waals surface area contributed by atoms with Crippen LogP contribution in [0.15, 0.2) is 47.6 Å². The highest BCUT2D eigenvalue weighted by atomic mass is 35.5. The van der Waals surface area contributed by atoms with E-state index in [0.29, 0.717) is 28.8 Å². The Bertz CT molecular complexity index is 840. The van der Waals surface area contributed by atoms with E-state index in [4.69, 9.17) is 16.3 Å². The number of hydrogen-bond acceptors (Lipinski definition) is 4. The van der Waals surface area contributed by atoms with E-state index in [9.17, 15) is 8.42 Å². The first-order chi connectivity index (χ1) is 12.5. The molecule has 0 radical (unpaired) electrons. The van der Waals surface area contributed by atoms with Crippen LogP contribution in [-0.2, 0) is 16.4 Å². The van der Waals surface area contributed by atoms with Crippen LogP contribution in [0, 0.1) is 0 Å². The van der Waals surface area contributed by atoms with Crippen LogP contribution in [0.4, 0.5) is 0 Å². The van der Waals surface area contributed by atoms with Gasteiger partial charge in [0.05, 0.1) is 11.4 Å². The lowest BCUT2D eigenvalue weighted by molar-refractivity contribution is 0.130. The molecule has 0 N–H and O–H groups in total. The zero-order chi connectivity index (χ0) is 18.6. The maximum absolute atomic E-state index is 13.0. The minimum Gasteiger partial charge on any atom is -0.487 e. The molecular weight excluding hydrogens is 372 g/mol. The van der Waals surface area contributed by atoms with Gasteiger partial charge in [0.2, 0.25) is 10.0 Å². The van der Waals surface area contributed by atoms with Crippen LogP contribution >= 0.6 is 11.6 Å². The Morgan fingerprint density at radius 2 is 2.04 bits per heavy atom. The normalized spacial score (nSPS) is 18.6. The third-order valence-corrected chi connectivity index (χ3v) is 6.63. The van der Waals surface area contributed by atoms with Crippen LogP contribution < -0.4 is 4.74 Å². The van der Waals surface area contributed by atoms with E-state index in [1.165, 1.54) is 10.5 Å². The molecule has 7 heteroatoms. The highest BCUT2D eigenvalue weighted by Gasteiger charge is 2.31. The summed E-state index contributed by atoms with van der Waals surface area (Å²) in [6.45, 7) is 2.92. The molecule has 5 nitrogen and oxygen atoms in total. The number of nitrogens with zero attached hydrogens (tertiary/aromatic N) is 2. The van der Waals surface area contributed by atoms with Gasteiger partial charge in [0.25, 0.3) is 0 Å². The van der Waals surface area contributed by atoms with Gasteiger partial charge in [0.1, 0.15) is 16.9 Å². The Morgan fingerprint density at radius 1 is 1.27 bits per heavy atom. The molecule has 1 atom stereocenters. The second-order valence-corrected chi connectivity index (χ2v) is 8.79. The van der Waals surface area contributed by atoms with Crippen molar-refractivity contribution in [2.24, 2.45) is 0 Å². The van der Waals surface area contributed by atoms with Gasteiger partial charge in [-0.15, -0.1) is 0 Å². The van der Waals surface area contributed by atoms with Crippen LogP contribution in [0.5, 0.6) is 5.75 Å². The van der Waals surface area contributed by atoms with Crippen molar-refractivity contribution in [1.82, 2.24) is 9.29 Å². The number of hydrogen-bond donors (Lipinski definition) is 0. The number of aromatic nitrogens is 1. The summed E-state index contributed by atoms with van der Waals surface area (Å²) >= 11 is 6.09. The average Bonchev–Trinajstić information content (AvgIpc) is 2.65. The second kappa shape index (κ2) is 8.37. The first kappa shape index (κ1) is 19.1. The molecule has 1 saturated heterocycles. The van der Waals surface area contributed by atoms with Gasteiger partial charge in [-0.1, -0.05) is 37.1 Å². The lowest BCUT2D eigenvalue weighted by atomic mass is 10.1. The van der Waals surface area contributed by atoms with E-state index in [1.807, 2.05) is 12.1 Å². The van der Waals surface area contributed by atoms with Crippen LogP contribution in [0.25, 0.3) is 0 Å². The van der Waals surface area contributed by atoms with E-state index < -0.39 is 10.0 Å². The summed E-state index contributed by atoms with van der Waals surface area (Å²) in [4.78, 5) is 4.27. The predicted octanol–water partition coefficient (Wildman–Crippen LogP) is 3.92. The quantitative estimate of drug-likeness (QED) is 0.745. The molecule has 1 aromatic carbocycles. The first-order valence-corrected chi connectivity index (χ1v) is 10.7. The number of aryl methyl sites for hydroxylation is 1. The Labute approximate surface area is 160 Å². The number of halogens is 1. The van der Waals surface area contributed by atoms with E-state index >= 15 is 0 Å². The topological polar surface area (TPSA) is 59.5 Å². The zero-order valence-electron chi connectivity index (χ0n) is 14.8. The number of sulfonamides is 1. The van der Waals surface area contributed by atoms with Crippen molar-refractivity contribution in [2.45, 2.75) is 43.6 Å². The van der Waals surface area contributed by atoms with E-state index in [2.05, 4.69) is 11.9 Å². The van der Waals surface area contributed by atoms with Crippen LogP contribution in [0.3, 0.4) is 0 Å². The van der Waals surface area contributed by atoms with Gasteiger partial charge in [-0.3, -0.25) is 4.98 Å². The lowest BCUT2D eigenvalue weighted by Gasteiger charge is -2.32. The Kier molecular flexibility index (Phi) is 6.16. The summed E-state index contributed by atoms with van der Waals surface area (Å²) in [5.41, 5.74) is 1.15. The molecular formula is C19H23ClN2O3S. The predicted molar refractivity (Wildman–Crippen MR) is 102 cm³/mol. The number of rotatable bonds is 6. The fourth-order valence-corrected chi connectivity index (χ4v) is 4.80. The molecule has 140 valence electrons. The molecule has 1 aliphatic heterocycles. The molecule has 0 amide bonds. The fraction of sp³-hybridized carbons (Fsp3) is 0.421. The van der Waals surface area contributed by atoms with Crippen molar-refractivity contribution in [1.29, 1.82) is 0 Å². The summed E-state index contributed by atoms with van der Waals surface area (Å²) in [5, 5.41) is 0.430. The molecule has 0 aliphatic carbocycles. The van der Waals surface area contributed by atoms with E-state index in [1.54, 1.807) is 24.4 Å². The molecule has 1 aliphatic rings. The Hall–Kier alpha value is -1.63. The summed E-state index contributed by atoms with van der Waals surface area (Å²) < 4.78 is 33.3. The highest BCUT2D eigenvalue weighted by molar-refractivity contribution is 7.89. The Balaban J connectivity index is 1.72. The van der Waals surface area contributed by atoms with Crippen molar-refractivity contribution in [3.05, 3.63) is 53.3 Å². The molecule has 1 aromatic heterocycles. The molecule has 1 fully saturated rings. The number of pyridine rings is 1. The molecule has 1 unspecified atom stereocenters. The molecule has 2 heterocycles. The van der Waals surface area contributed by atoms with Crippen LogP contribution in [0.2, 0.25) is 5.02 Å². The zero-order valence-corrected chi connectivity index (χ0v) is 16.3. The third kappa shape index (κ3) is 4.37. The molecule has 0 saturated carbocycles. The summed E-state index contributed by atoms with van der Waals surface area (Å²) in [6, 6.07) is 8.88. The SMILES string of the molecule is CCCc1ccc(S(=O)(=O)N2CCCC(Oc3ccncc3Cl)C2)cc1. The largest absolute Gasteiger partial charge is 0.487 e. The molecule has 26 heavy (non-hydrogen) atoms. The number of ether oxygens (including phenoxy) is 1. The third-order valence-electron chi connectivity index (χ3n) is 4.47. The molecule has 0 spiro atoms. The smallest absolute Gasteiger partial charge is 0.243 e. The van der Waals surface area contributed by atoms with Gasteiger partial charge >= 0.3 is 0 Å². The minimum absolute atomic E-state index is 0.224. The van der Waals surface area contributed by atoms with Crippen molar-refractivity contribution < 1.29 is 13.2 Å². The van der Waals surface area contributed by atoms with Crippen molar-refractivity contribution >= 4 is 21.6 Å². The van der Waals surface area contributed by atoms with Gasteiger partial charge in [0, 0.05) is 25.0 Å². The summed E-state index contributed by atoms with van der Waals surface area (Å²) in [7, 11) is -3.52. The summed E-state index contributed by atoms with van der Waals surface area (Å²) in [6.07, 6.45) is 6.43. The van der Waals surface area contributed by atoms with Crippen molar-refractivity contribution in [3.8, 4) is 5.75 Å². The minimum atomic E-state index is -3.52. The molecule has 0 bridgehead atoms. The van der Waals surface area contributed by atoms with Crippen molar-refractivity contribution in [3.63, 3.8) is 0 Å². The van der Waals surface area contributed by atoms with Gasteiger partial charge in [-0.05, 0) is 37.0 Å². The van der Waals surface area contributed by atoms with Gasteiger partial charge in [0.15, 0.2) is 0 Å². The highest BCUT2D eigenvalue weighted by Crippen LogP contribution is 2.27. The first-order valence-electron chi connectivity index (χ1n) is 8.86. The van der Waals surface area contributed by atoms with Crippen LogP contribution in [-0.4, -0.2) is 36.9 Å².